The van der Waals surface area contributed by atoms with Crippen LogP contribution in [0.4, 0.5) is 11.8 Å². The lowest BCUT2D eigenvalue weighted by Crippen LogP contribution is -2.41. The normalized spacial score (nSPS) is 22.3. The molecule has 1 aromatic rings. The first-order valence-electron chi connectivity index (χ1n) is 9.26. The van der Waals surface area contributed by atoms with E-state index in [4.69, 9.17) is 9.72 Å². The van der Waals surface area contributed by atoms with Gasteiger partial charge in [-0.2, -0.15) is 4.98 Å². The average Bonchev–Trinajstić information content (AvgIpc) is 2.62. The summed E-state index contributed by atoms with van der Waals surface area (Å²) in [7, 11) is 2.12. The van der Waals surface area contributed by atoms with Gasteiger partial charge < -0.3 is 25.0 Å². The molecule has 2 saturated heterocycles. The molecule has 0 bridgehead atoms. The van der Waals surface area contributed by atoms with E-state index in [0.717, 1.165) is 25.9 Å². The SMILES string of the molecule is CN1CCC[C@H](Nc2ncc(C(C)(C)C(=O)O)c(N3CCOCC3)n2)C1. The number of nitrogens with zero attached hydrogens (tertiary/aromatic N) is 4. The molecule has 8 nitrogen and oxygen atoms in total. The van der Waals surface area contributed by atoms with E-state index < -0.39 is 11.4 Å². The third-order valence-corrected chi connectivity index (χ3v) is 5.24. The Bertz CT molecular complexity index is 646. The van der Waals surface area contributed by atoms with Crippen LogP contribution in [-0.2, 0) is 14.9 Å². The molecule has 1 aromatic heterocycles. The van der Waals surface area contributed by atoms with E-state index in [1.54, 1.807) is 20.0 Å². The lowest BCUT2D eigenvalue weighted by atomic mass is 9.85. The zero-order valence-electron chi connectivity index (χ0n) is 15.9. The Morgan fingerprint density at radius 1 is 1.35 bits per heavy atom. The van der Waals surface area contributed by atoms with Gasteiger partial charge in [0.2, 0.25) is 5.95 Å². The molecule has 0 amide bonds. The number of carboxylic acid groups (broad SMARTS) is 1. The van der Waals surface area contributed by atoms with E-state index in [1.807, 2.05) is 0 Å². The van der Waals surface area contributed by atoms with Crippen molar-refractivity contribution < 1.29 is 14.6 Å². The summed E-state index contributed by atoms with van der Waals surface area (Å²) in [6.45, 7) is 8.10. The number of aromatic nitrogens is 2. The number of likely N-dealkylation sites (N-methyl/N-ethyl adjacent to an activating group) is 1. The number of likely N-dealkylation sites (tertiary alicyclic amines) is 1. The van der Waals surface area contributed by atoms with Crippen molar-refractivity contribution in [2.24, 2.45) is 0 Å². The number of rotatable bonds is 5. The van der Waals surface area contributed by atoms with Gasteiger partial charge in [0.05, 0.1) is 18.6 Å². The number of hydrogen-bond acceptors (Lipinski definition) is 7. The van der Waals surface area contributed by atoms with Crippen LogP contribution in [0.3, 0.4) is 0 Å². The van der Waals surface area contributed by atoms with Crippen molar-refractivity contribution in [1.29, 1.82) is 0 Å². The van der Waals surface area contributed by atoms with Crippen LogP contribution in [0.5, 0.6) is 0 Å². The summed E-state index contributed by atoms with van der Waals surface area (Å²) in [5.74, 6) is 0.379. The topological polar surface area (TPSA) is 90.8 Å². The highest BCUT2D eigenvalue weighted by Crippen LogP contribution is 2.32. The molecule has 144 valence electrons. The summed E-state index contributed by atoms with van der Waals surface area (Å²) < 4.78 is 5.44. The van der Waals surface area contributed by atoms with Crippen LogP contribution in [-0.4, -0.2) is 78.4 Å². The van der Waals surface area contributed by atoms with Crippen molar-refractivity contribution in [2.75, 3.05) is 56.7 Å². The second-order valence-electron chi connectivity index (χ2n) is 7.71. The zero-order valence-corrected chi connectivity index (χ0v) is 15.9. The number of nitrogens with one attached hydrogen (secondary N) is 1. The van der Waals surface area contributed by atoms with Gasteiger partial charge in [-0.15, -0.1) is 0 Å². The zero-order chi connectivity index (χ0) is 18.7. The van der Waals surface area contributed by atoms with E-state index >= 15 is 0 Å². The second kappa shape index (κ2) is 7.75. The van der Waals surface area contributed by atoms with Crippen molar-refractivity contribution in [3.8, 4) is 0 Å². The molecule has 26 heavy (non-hydrogen) atoms. The summed E-state index contributed by atoms with van der Waals surface area (Å²) in [5, 5.41) is 13.1. The number of carboxylic acids is 1. The maximum atomic E-state index is 11.8. The largest absolute Gasteiger partial charge is 0.481 e. The Morgan fingerprint density at radius 2 is 2.08 bits per heavy atom. The third kappa shape index (κ3) is 4.07. The predicted molar refractivity (Wildman–Crippen MR) is 99.9 cm³/mol. The van der Waals surface area contributed by atoms with Crippen LogP contribution >= 0.6 is 0 Å². The van der Waals surface area contributed by atoms with Crippen LogP contribution in [0.2, 0.25) is 0 Å². The van der Waals surface area contributed by atoms with Gasteiger partial charge in [0.1, 0.15) is 5.82 Å². The van der Waals surface area contributed by atoms with E-state index in [1.165, 1.54) is 0 Å². The number of anilines is 2. The minimum absolute atomic E-state index is 0.310. The van der Waals surface area contributed by atoms with Gasteiger partial charge in [0.25, 0.3) is 0 Å². The van der Waals surface area contributed by atoms with Crippen LogP contribution in [0.15, 0.2) is 6.20 Å². The lowest BCUT2D eigenvalue weighted by Gasteiger charge is -2.33. The lowest BCUT2D eigenvalue weighted by molar-refractivity contribution is -0.142. The van der Waals surface area contributed by atoms with E-state index in [0.29, 0.717) is 49.7 Å². The molecular weight excluding hydrogens is 334 g/mol. The molecule has 2 aliphatic heterocycles. The first kappa shape index (κ1) is 18.8. The molecule has 0 spiro atoms. The molecule has 3 heterocycles. The fraction of sp³-hybridized carbons (Fsp3) is 0.722. The van der Waals surface area contributed by atoms with Crippen LogP contribution in [0.25, 0.3) is 0 Å². The average molecular weight is 363 g/mol. The highest BCUT2D eigenvalue weighted by molar-refractivity contribution is 5.82. The van der Waals surface area contributed by atoms with E-state index in [9.17, 15) is 9.90 Å². The minimum atomic E-state index is -1.06. The quantitative estimate of drug-likeness (QED) is 0.806. The van der Waals surface area contributed by atoms with Crippen LogP contribution in [0, 0.1) is 0 Å². The molecule has 0 aliphatic carbocycles. The molecule has 1 atom stereocenters. The molecule has 2 fully saturated rings. The first-order valence-corrected chi connectivity index (χ1v) is 9.26. The van der Waals surface area contributed by atoms with Crippen molar-refractivity contribution in [3.05, 3.63) is 11.8 Å². The van der Waals surface area contributed by atoms with Crippen molar-refractivity contribution in [2.45, 2.75) is 38.1 Å². The van der Waals surface area contributed by atoms with Gasteiger partial charge in [-0.05, 0) is 40.3 Å². The van der Waals surface area contributed by atoms with Crippen molar-refractivity contribution in [1.82, 2.24) is 14.9 Å². The maximum absolute atomic E-state index is 11.8. The fourth-order valence-corrected chi connectivity index (χ4v) is 3.48. The summed E-state index contributed by atoms with van der Waals surface area (Å²) in [6, 6.07) is 0.310. The van der Waals surface area contributed by atoms with Crippen molar-refractivity contribution >= 4 is 17.7 Å². The Balaban J connectivity index is 1.89. The third-order valence-electron chi connectivity index (χ3n) is 5.24. The Labute approximate surface area is 154 Å². The first-order chi connectivity index (χ1) is 12.4. The van der Waals surface area contributed by atoms with Gasteiger partial charge >= 0.3 is 5.97 Å². The molecule has 0 saturated carbocycles. The molecule has 0 unspecified atom stereocenters. The summed E-state index contributed by atoms with van der Waals surface area (Å²) in [6.07, 6.45) is 3.90. The molecule has 8 heteroatoms. The van der Waals surface area contributed by atoms with E-state index in [2.05, 4.69) is 27.1 Å². The molecule has 2 N–H and O–H groups in total. The van der Waals surface area contributed by atoms with Crippen LogP contribution < -0.4 is 10.2 Å². The summed E-state index contributed by atoms with van der Waals surface area (Å²) >= 11 is 0. The van der Waals surface area contributed by atoms with Gasteiger partial charge in [-0.1, -0.05) is 0 Å². The van der Waals surface area contributed by atoms with Gasteiger partial charge in [-0.25, -0.2) is 4.98 Å². The standard InChI is InChI=1S/C18H29N5O3/c1-18(2,16(24)25)14-11-19-17(20-13-5-4-6-22(3)12-13)21-15(14)23-7-9-26-10-8-23/h11,13H,4-10,12H2,1-3H3,(H,24,25)(H,19,20,21)/t13-/m0/s1. The van der Waals surface area contributed by atoms with Crippen molar-refractivity contribution in [3.63, 3.8) is 0 Å². The summed E-state index contributed by atoms with van der Waals surface area (Å²) in [5.41, 5.74) is -0.421. The molecular formula is C18H29N5O3. The minimum Gasteiger partial charge on any atom is -0.481 e. The smallest absolute Gasteiger partial charge is 0.313 e. The highest BCUT2D eigenvalue weighted by atomic mass is 16.5. The highest BCUT2D eigenvalue weighted by Gasteiger charge is 2.35. The van der Waals surface area contributed by atoms with Gasteiger partial charge in [0.15, 0.2) is 0 Å². The Kier molecular flexibility index (Phi) is 5.62. The predicted octanol–water partition coefficient (Wildman–Crippen LogP) is 1.18. The maximum Gasteiger partial charge on any atom is 0.313 e. The second-order valence-corrected chi connectivity index (χ2v) is 7.71. The molecule has 3 rings (SSSR count). The van der Waals surface area contributed by atoms with Gasteiger partial charge in [-0.3, -0.25) is 4.79 Å². The molecule has 0 aromatic carbocycles. The number of morpholine rings is 1. The molecule has 0 radical (unpaired) electrons. The van der Waals surface area contributed by atoms with Crippen LogP contribution in [0.1, 0.15) is 32.3 Å². The number of aliphatic carboxylic acids is 1. The Hall–Kier alpha value is -1.93. The summed E-state index contributed by atoms with van der Waals surface area (Å²) in [4.78, 5) is 25.3. The number of hydrogen-bond donors (Lipinski definition) is 2. The van der Waals surface area contributed by atoms with Gasteiger partial charge in [0, 0.05) is 37.4 Å². The monoisotopic (exact) mass is 363 g/mol. The number of piperidine rings is 1. The number of carbonyl (C=O) groups is 1. The Morgan fingerprint density at radius 3 is 2.73 bits per heavy atom. The fourth-order valence-electron chi connectivity index (χ4n) is 3.48. The number of ether oxygens (including phenoxy) is 1. The van der Waals surface area contributed by atoms with E-state index in [-0.39, 0.29) is 0 Å². The molecule has 2 aliphatic rings.